The first-order chi connectivity index (χ1) is 15.9. The number of nitrogens with one attached hydrogen (secondary N) is 1. The van der Waals surface area contributed by atoms with Gasteiger partial charge in [0.1, 0.15) is 5.69 Å². The van der Waals surface area contributed by atoms with Crippen molar-refractivity contribution in [2.45, 2.75) is 31.6 Å². The minimum absolute atomic E-state index is 0.0814. The summed E-state index contributed by atoms with van der Waals surface area (Å²) in [5.41, 5.74) is 7.93. The van der Waals surface area contributed by atoms with Crippen LogP contribution in [-0.2, 0) is 22.9 Å². The maximum Gasteiger partial charge on any atom is 0.267 e. The van der Waals surface area contributed by atoms with Crippen LogP contribution in [0.3, 0.4) is 0 Å². The van der Waals surface area contributed by atoms with Crippen LogP contribution in [0.5, 0.6) is 0 Å². The standard InChI is InChI=1S/C27H24N2O3S/c1-18-27(19(2)32-28-18)33(30,31)29-23-11-7-8-20(16-23)17-26-24-12-5-3-9-21(24)14-15-22-10-4-6-13-25(22)26/h3-13,16-17,29H,14-15H2,1-2H3. The van der Waals surface area contributed by atoms with Crippen LogP contribution < -0.4 is 4.72 Å². The van der Waals surface area contributed by atoms with E-state index in [0.29, 0.717) is 11.4 Å². The molecule has 4 aromatic rings. The molecular weight excluding hydrogens is 432 g/mol. The normalized spacial score (nSPS) is 13.1. The lowest BCUT2D eigenvalue weighted by molar-refractivity contribution is 0.390. The Morgan fingerprint density at radius 3 is 2.12 bits per heavy atom. The fourth-order valence-corrected chi connectivity index (χ4v) is 5.88. The molecule has 0 amide bonds. The van der Waals surface area contributed by atoms with Crippen molar-refractivity contribution in [3.8, 4) is 0 Å². The molecule has 0 radical (unpaired) electrons. The summed E-state index contributed by atoms with van der Waals surface area (Å²) in [6.45, 7) is 3.21. The number of hydrogen-bond donors (Lipinski definition) is 1. The lowest BCUT2D eigenvalue weighted by atomic mass is 9.92. The Bertz CT molecular complexity index is 1410. The number of aryl methyl sites for hydroxylation is 4. The summed E-state index contributed by atoms with van der Waals surface area (Å²) in [7, 11) is -3.81. The lowest BCUT2D eigenvalue weighted by Crippen LogP contribution is -2.14. The predicted molar refractivity (Wildman–Crippen MR) is 130 cm³/mol. The van der Waals surface area contributed by atoms with E-state index in [-0.39, 0.29) is 10.7 Å². The number of fused-ring (bicyclic) bond motifs is 2. The fourth-order valence-electron chi connectivity index (χ4n) is 4.50. The van der Waals surface area contributed by atoms with Crippen LogP contribution in [0.15, 0.2) is 82.2 Å². The quantitative estimate of drug-likeness (QED) is 0.423. The number of hydrogen-bond acceptors (Lipinski definition) is 4. The zero-order valence-corrected chi connectivity index (χ0v) is 19.3. The molecule has 6 heteroatoms. The molecule has 1 aliphatic carbocycles. The van der Waals surface area contributed by atoms with E-state index in [1.807, 2.05) is 18.2 Å². The highest BCUT2D eigenvalue weighted by Gasteiger charge is 2.24. The summed E-state index contributed by atoms with van der Waals surface area (Å²) in [5, 5.41) is 3.77. The smallest absolute Gasteiger partial charge is 0.267 e. The van der Waals surface area contributed by atoms with Gasteiger partial charge in [-0.1, -0.05) is 65.8 Å². The molecule has 0 unspecified atom stereocenters. The number of anilines is 1. The Balaban J connectivity index is 1.57. The Kier molecular flexibility index (Phi) is 5.38. The molecule has 0 aliphatic heterocycles. The molecule has 0 atom stereocenters. The highest BCUT2D eigenvalue weighted by molar-refractivity contribution is 7.92. The Labute approximate surface area is 193 Å². The SMILES string of the molecule is Cc1noc(C)c1S(=O)(=O)Nc1cccc(C=C2c3ccccc3CCc3ccccc32)c1. The molecule has 0 spiro atoms. The first-order valence-corrected chi connectivity index (χ1v) is 12.3. The molecule has 3 aromatic carbocycles. The fraction of sp³-hybridized carbons (Fsp3) is 0.148. The van der Waals surface area contributed by atoms with Crippen molar-refractivity contribution in [3.63, 3.8) is 0 Å². The molecule has 33 heavy (non-hydrogen) atoms. The van der Waals surface area contributed by atoms with Gasteiger partial charge in [0.15, 0.2) is 10.7 Å². The highest BCUT2D eigenvalue weighted by Crippen LogP contribution is 2.35. The maximum absolute atomic E-state index is 13.0. The van der Waals surface area contributed by atoms with E-state index in [0.717, 1.165) is 24.0 Å². The van der Waals surface area contributed by atoms with Crippen LogP contribution in [-0.4, -0.2) is 13.6 Å². The van der Waals surface area contributed by atoms with E-state index in [9.17, 15) is 8.42 Å². The van der Waals surface area contributed by atoms with Gasteiger partial charge in [-0.15, -0.1) is 0 Å². The van der Waals surface area contributed by atoms with Crippen LogP contribution in [0, 0.1) is 13.8 Å². The topological polar surface area (TPSA) is 72.2 Å². The van der Waals surface area contributed by atoms with Crippen molar-refractivity contribution in [2.24, 2.45) is 0 Å². The molecule has 5 nitrogen and oxygen atoms in total. The van der Waals surface area contributed by atoms with Gasteiger partial charge in [-0.25, -0.2) is 8.42 Å². The van der Waals surface area contributed by atoms with E-state index < -0.39 is 10.0 Å². The summed E-state index contributed by atoms with van der Waals surface area (Å²) in [5.74, 6) is 0.268. The van der Waals surface area contributed by atoms with Crippen LogP contribution >= 0.6 is 0 Å². The van der Waals surface area contributed by atoms with Crippen molar-refractivity contribution >= 4 is 27.4 Å². The number of rotatable bonds is 4. The Hall–Kier alpha value is -3.64. The zero-order chi connectivity index (χ0) is 23.0. The average Bonchev–Trinajstić information content (AvgIpc) is 3.07. The average molecular weight is 457 g/mol. The number of aromatic nitrogens is 1. The minimum atomic E-state index is -3.81. The largest absolute Gasteiger partial charge is 0.360 e. The monoisotopic (exact) mass is 456 g/mol. The van der Waals surface area contributed by atoms with E-state index in [4.69, 9.17) is 4.52 Å². The molecule has 5 rings (SSSR count). The molecule has 166 valence electrons. The van der Waals surface area contributed by atoms with Crippen molar-refractivity contribution in [1.82, 2.24) is 5.16 Å². The number of benzene rings is 3. The minimum Gasteiger partial charge on any atom is -0.360 e. The van der Waals surface area contributed by atoms with E-state index in [1.54, 1.807) is 19.9 Å². The molecule has 1 aromatic heterocycles. The van der Waals surface area contributed by atoms with Crippen molar-refractivity contribution in [2.75, 3.05) is 4.72 Å². The van der Waals surface area contributed by atoms with Gasteiger partial charge in [0.2, 0.25) is 0 Å². The second kappa shape index (κ2) is 8.37. The van der Waals surface area contributed by atoms with Gasteiger partial charge in [0, 0.05) is 5.69 Å². The van der Waals surface area contributed by atoms with Crippen LogP contribution in [0.2, 0.25) is 0 Å². The molecule has 1 N–H and O–H groups in total. The van der Waals surface area contributed by atoms with Gasteiger partial charge in [0.05, 0.1) is 0 Å². The van der Waals surface area contributed by atoms with E-state index in [1.165, 1.54) is 22.3 Å². The highest BCUT2D eigenvalue weighted by atomic mass is 32.2. The molecule has 0 saturated heterocycles. The van der Waals surface area contributed by atoms with Gasteiger partial charge in [-0.2, -0.15) is 0 Å². The number of nitrogens with zero attached hydrogens (tertiary/aromatic N) is 1. The molecule has 1 aliphatic rings. The van der Waals surface area contributed by atoms with E-state index >= 15 is 0 Å². The summed E-state index contributed by atoms with van der Waals surface area (Å²) < 4.78 is 33.6. The molecule has 0 bridgehead atoms. The molecule has 1 heterocycles. The first kappa shape index (κ1) is 21.2. The van der Waals surface area contributed by atoms with Gasteiger partial charge in [0.25, 0.3) is 10.0 Å². The van der Waals surface area contributed by atoms with Gasteiger partial charge < -0.3 is 4.52 Å². The third kappa shape index (κ3) is 4.10. The third-order valence-corrected chi connectivity index (χ3v) is 7.59. The summed E-state index contributed by atoms with van der Waals surface area (Å²) >= 11 is 0. The Morgan fingerprint density at radius 2 is 1.52 bits per heavy atom. The summed E-state index contributed by atoms with van der Waals surface area (Å²) in [6, 6.07) is 24.4. The molecule has 0 saturated carbocycles. The van der Waals surface area contributed by atoms with E-state index in [2.05, 4.69) is 64.5 Å². The summed E-state index contributed by atoms with van der Waals surface area (Å²) in [6.07, 6.45) is 4.11. The lowest BCUT2D eigenvalue weighted by Gasteiger charge is -2.13. The second-order valence-corrected chi connectivity index (χ2v) is 9.88. The van der Waals surface area contributed by atoms with Crippen LogP contribution in [0.1, 0.15) is 39.3 Å². The molecular formula is C27H24N2O3S. The summed E-state index contributed by atoms with van der Waals surface area (Å²) in [4.78, 5) is 0.0814. The van der Waals surface area contributed by atoms with Crippen LogP contribution in [0.25, 0.3) is 11.6 Å². The Morgan fingerprint density at radius 1 is 0.879 bits per heavy atom. The van der Waals surface area contributed by atoms with Crippen molar-refractivity contribution in [3.05, 3.63) is 112 Å². The van der Waals surface area contributed by atoms with Gasteiger partial charge >= 0.3 is 0 Å². The second-order valence-electron chi connectivity index (χ2n) is 8.26. The zero-order valence-electron chi connectivity index (χ0n) is 18.5. The maximum atomic E-state index is 13.0. The number of sulfonamides is 1. The predicted octanol–water partition coefficient (Wildman–Crippen LogP) is 5.78. The van der Waals surface area contributed by atoms with Crippen molar-refractivity contribution in [1.29, 1.82) is 0 Å². The molecule has 0 fully saturated rings. The van der Waals surface area contributed by atoms with Crippen LogP contribution in [0.4, 0.5) is 5.69 Å². The third-order valence-electron chi connectivity index (χ3n) is 5.97. The van der Waals surface area contributed by atoms with Gasteiger partial charge in [-0.3, -0.25) is 4.72 Å². The van der Waals surface area contributed by atoms with Crippen molar-refractivity contribution < 1.29 is 12.9 Å². The first-order valence-electron chi connectivity index (χ1n) is 10.9. The van der Waals surface area contributed by atoms with Gasteiger partial charge in [-0.05, 0) is 78.3 Å².